The van der Waals surface area contributed by atoms with E-state index in [4.69, 9.17) is 9.47 Å². The summed E-state index contributed by atoms with van der Waals surface area (Å²) < 4.78 is 11.4. The second kappa shape index (κ2) is 12.3. The van der Waals surface area contributed by atoms with Crippen molar-refractivity contribution >= 4 is 17.6 Å². The molecule has 0 spiro atoms. The van der Waals surface area contributed by atoms with Crippen molar-refractivity contribution in [3.63, 3.8) is 0 Å². The topological polar surface area (TPSA) is 112 Å². The summed E-state index contributed by atoms with van der Waals surface area (Å²) in [5, 5.41) is 11.5. The summed E-state index contributed by atoms with van der Waals surface area (Å²) in [5.41, 5.74) is 3.07. The lowest BCUT2D eigenvalue weighted by Gasteiger charge is -2.44. The van der Waals surface area contributed by atoms with Crippen molar-refractivity contribution in [2.75, 3.05) is 13.1 Å². The number of nitro groups is 1. The Labute approximate surface area is 243 Å². The lowest BCUT2D eigenvalue weighted by atomic mass is 9.93. The molecule has 5 rings (SSSR count). The van der Waals surface area contributed by atoms with Crippen molar-refractivity contribution in [1.82, 2.24) is 9.88 Å². The highest BCUT2D eigenvalue weighted by molar-refractivity contribution is 6.06. The minimum atomic E-state index is -0.684. The van der Waals surface area contributed by atoms with Crippen LogP contribution in [0.4, 0.5) is 5.69 Å². The van der Waals surface area contributed by atoms with Gasteiger partial charge in [0, 0.05) is 37.0 Å². The third kappa shape index (κ3) is 6.06. The molecular weight excluding hydrogens is 534 g/mol. The van der Waals surface area contributed by atoms with Gasteiger partial charge in [0.25, 0.3) is 5.69 Å². The quantitative estimate of drug-likeness (QED) is 0.135. The molecule has 1 aliphatic rings. The van der Waals surface area contributed by atoms with Crippen LogP contribution in [0.1, 0.15) is 57.4 Å². The van der Waals surface area contributed by atoms with Crippen molar-refractivity contribution in [2.24, 2.45) is 0 Å². The molecule has 1 aliphatic heterocycles. The third-order valence-corrected chi connectivity index (χ3v) is 7.13. The predicted octanol–water partition coefficient (Wildman–Crippen LogP) is 6.16. The van der Waals surface area contributed by atoms with Crippen molar-refractivity contribution in [2.45, 2.75) is 39.0 Å². The van der Waals surface area contributed by atoms with Gasteiger partial charge in [-0.1, -0.05) is 72.8 Å². The van der Waals surface area contributed by atoms with E-state index in [-0.39, 0.29) is 28.4 Å². The van der Waals surface area contributed by atoms with Crippen LogP contribution in [-0.4, -0.2) is 52.0 Å². The normalized spacial score (nSPS) is 13.5. The maximum atomic E-state index is 13.7. The summed E-state index contributed by atoms with van der Waals surface area (Å²) in [4.78, 5) is 44.3. The van der Waals surface area contributed by atoms with Gasteiger partial charge in [-0.3, -0.25) is 20.0 Å². The van der Waals surface area contributed by atoms with Crippen molar-refractivity contribution in [3.05, 3.63) is 129 Å². The number of hydrogen-bond acceptors (Lipinski definition) is 8. The Hall–Kier alpha value is -4.89. The van der Waals surface area contributed by atoms with Gasteiger partial charge < -0.3 is 9.47 Å². The van der Waals surface area contributed by atoms with E-state index >= 15 is 0 Å². The number of carbonyl (C=O) groups is 2. The lowest BCUT2D eigenvalue weighted by Crippen LogP contribution is -2.54. The SMILES string of the molecule is Cc1ncc(C(=O)OC(C)C)c(-c2cccc([N+](=O)[O-])c2)c1C(=O)OC1CN(C(c2ccccc2)c2ccccc2)C1. The zero-order chi connectivity index (χ0) is 29.8. The molecule has 0 saturated carbocycles. The molecule has 4 aromatic rings. The molecular formula is C33H31N3O6. The van der Waals surface area contributed by atoms with Crippen molar-refractivity contribution in [1.29, 1.82) is 0 Å². The lowest BCUT2D eigenvalue weighted by molar-refractivity contribution is -0.384. The van der Waals surface area contributed by atoms with E-state index in [0.717, 1.165) is 11.1 Å². The standard InChI is InChI=1S/C33H31N3O6/c1-21(2)41-32(37)28-18-34-22(3)29(30(28)25-15-10-16-26(17-25)36(39)40)33(38)42-27-19-35(20-27)31(23-11-6-4-7-12-23)24-13-8-5-9-14-24/h4-18,21,27,31H,19-20H2,1-3H3. The second-order valence-corrected chi connectivity index (χ2v) is 10.5. The fourth-order valence-corrected chi connectivity index (χ4v) is 5.21. The van der Waals surface area contributed by atoms with E-state index in [1.807, 2.05) is 36.4 Å². The van der Waals surface area contributed by atoms with Crippen LogP contribution in [0.2, 0.25) is 0 Å². The Morgan fingerprint density at radius 1 is 0.929 bits per heavy atom. The van der Waals surface area contributed by atoms with E-state index in [2.05, 4.69) is 34.1 Å². The van der Waals surface area contributed by atoms with Crippen LogP contribution in [0.25, 0.3) is 11.1 Å². The van der Waals surface area contributed by atoms with Gasteiger partial charge in [-0.15, -0.1) is 0 Å². The fraction of sp³-hybridized carbons (Fsp3) is 0.242. The molecule has 3 aromatic carbocycles. The van der Waals surface area contributed by atoms with Gasteiger partial charge in [0.2, 0.25) is 0 Å². The third-order valence-electron chi connectivity index (χ3n) is 7.13. The Balaban J connectivity index is 1.44. The van der Waals surface area contributed by atoms with Gasteiger partial charge in [-0.2, -0.15) is 0 Å². The van der Waals surface area contributed by atoms with Gasteiger partial charge in [0.1, 0.15) is 6.10 Å². The molecule has 9 heteroatoms. The van der Waals surface area contributed by atoms with E-state index in [9.17, 15) is 19.7 Å². The van der Waals surface area contributed by atoms with Gasteiger partial charge in [-0.05, 0) is 37.5 Å². The highest BCUT2D eigenvalue weighted by atomic mass is 16.6. The predicted molar refractivity (Wildman–Crippen MR) is 157 cm³/mol. The molecule has 0 unspecified atom stereocenters. The summed E-state index contributed by atoms with van der Waals surface area (Å²) in [6.45, 7) is 6.08. The number of likely N-dealkylation sites (tertiary alicyclic amines) is 1. The monoisotopic (exact) mass is 565 g/mol. The first kappa shape index (κ1) is 28.6. The molecule has 0 radical (unpaired) electrons. The summed E-state index contributed by atoms with van der Waals surface area (Å²) >= 11 is 0. The first-order chi connectivity index (χ1) is 20.2. The summed E-state index contributed by atoms with van der Waals surface area (Å²) in [6, 6.07) is 26.1. The minimum absolute atomic E-state index is 0.000292. The fourth-order valence-electron chi connectivity index (χ4n) is 5.21. The number of nitro benzene ring substituents is 1. The number of hydrogen-bond donors (Lipinski definition) is 0. The first-order valence-corrected chi connectivity index (χ1v) is 13.7. The molecule has 0 bridgehead atoms. The van der Waals surface area contributed by atoms with Crippen LogP contribution >= 0.6 is 0 Å². The Morgan fingerprint density at radius 3 is 2.12 bits per heavy atom. The molecule has 0 N–H and O–H groups in total. The molecule has 1 saturated heterocycles. The van der Waals surface area contributed by atoms with E-state index < -0.39 is 29.1 Å². The summed E-state index contributed by atoms with van der Waals surface area (Å²) in [7, 11) is 0. The Bertz CT molecular complexity index is 1560. The number of carbonyl (C=O) groups excluding carboxylic acids is 2. The highest BCUT2D eigenvalue weighted by Gasteiger charge is 2.37. The zero-order valence-electron chi connectivity index (χ0n) is 23.6. The van der Waals surface area contributed by atoms with Crippen LogP contribution in [-0.2, 0) is 9.47 Å². The number of aryl methyl sites for hydroxylation is 1. The van der Waals surface area contributed by atoms with Gasteiger partial charge in [0.05, 0.1) is 33.9 Å². The Morgan fingerprint density at radius 2 is 1.55 bits per heavy atom. The zero-order valence-corrected chi connectivity index (χ0v) is 23.6. The molecule has 0 amide bonds. The molecule has 0 aliphatic carbocycles. The summed E-state index contributed by atoms with van der Waals surface area (Å²) in [5.74, 6) is -1.34. The molecule has 1 fully saturated rings. The van der Waals surface area contributed by atoms with Gasteiger partial charge in [-0.25, -0.2) is 9.59 Å². The van der Waals surface area contributed by atoms with E-state index in [1.54, 1.807) is 26.8 Å². The number of esters is 2. The van der Waals surface area contributed by atoms with Crippen LogP contribution in [0.15, 0.2) is 91.1 Å². The van der Waals surface area contributed by atoms with E-state index in [1.165, 1.54) is 24.4 Å². The largest absolute Gasteiger partial charge is 0.459 e. The first-order valence-electron chi connectivity index (χ1n) is 13.7. The van der Waals surface area contributed by atoms with E-state index in [0.29, 0.717) is 24.3 Å². The molecule has 9 nitrogen and oxygen atoms in total. The molecule has 1 aromatic heterocycles. The number of non-ortho nitro benzene ring substituents is 1. The van der Waals surface area contributed by atoms with Crippen LogP contribution in [0.5, 0.6) is 0 Å². The smallest absolute Gasteiger partial charge is 0.341 e. The maximum absolute atomic E-state index is 13.7. The van der Waals surface area contributed by atoms with Gasteiger partial charge >= 0.3 is 11.9 Å². The average Bonchev–Trinajstić information content (AvgIpc) is 2.96. The van der Waals surface area contributed by atoms with Crippen LogP contribution < -0.4 is 0 Å². The van der Waals surface area contributed by atoms with Crippen LogP contribution in [0.3, 0.4) is 0 Å². The second-order valence-electron chi connectivity index (χ2n) is 10.5. The Kier molecular flexibility index (Phi) is 8.40. The molecule has 214 valence electrons. The molecule has 42 heavy (non-hydrogen) atoms. The number of pyridine rings is 1. The minimum Gasteiger partial charge on any atom is -0.459 e. The highest BCUT2D eigenvalue weighted by Crippen LogP contribution is 2.36. The molecule has 2 heterocycles. The van der Waals surface area contributed by atoms with Crippen molar-refractivity contribution in [3.8, 4) is 11.1 Å². The number of ether oxygens (including phenoxy) is 2. The van der Waals surface area contributed by atoms with Gasteiger partial charge in [0.15, 0.2) is 0 Å². The number of aromatic nitrogens is 1. The average molecular weight is 566 g/mol. The number of rotatable bonds is 9. The van der Waals surface area contributed by atoms with Crippen molar-refractivity contribution < 1.29 is 24.0 Å². The number of nitrogens with zero attached hydrogens (tertiary/aromatic N) is 3. The summed E-state index contributed by atoms with van der Waals surface area (Å²) in [6.07, 6.45) is 0.520. The van der Waals surface area contributed by atoms with Crippen LogP contribution in [0, 0.1) is 17.0 Å². The maximum Gasteiger partial charge on any atom is 0.341 e. The molecule has 0 atom stereocenters. The number of benzene rings is 3.